The fourth-order valence-corrected chi connectivity index (χ4v) is 1.93. The Hall–Kier alpha value is -1.88. The molecule has 0 heterocycles. The van der Waals surface area contributed by atoms with E-state index < -0.39 is 23.7 Å². The number of alkyl halides is 3. The van der Waals surface area contributed by atoms with Crippen LogP contribution in [0.2, 0.25) is 0 Å². The Balaban J connectivity index is 2.18. The standard InChI is InChI=1S/C15H12F4O/c16-13-6-2-4-11(9-13)14(20)8-10-3-1-5-12(7-10)15(17,18)19/h1-7,9,14,20H,8H2. The average Bonchev–Trinajstić information content (AvgIpc) is 2.38. The molecule has 0 radical (unpaired) electrons. The molecule has 0 bridgehead atoms. The first-order valence-corrected chi connectivity index (χ1v) is 5.96. The molecule has 2 aromatic rings. The van der Waals surface area contributed by atoms with E-state index in [9.17, 15) is 22.7 Å². The lowest BCUT2D eigenvalue weighted by molar-refractivity contribution is -0.137. The van der Waals surface area contributed by atoms with Gasteiger partial charge in [0.05, 0.1) is 11.7 Å². The number of benzene rings is 2. The summed E-state index contributed by atoms with van der Waals surface area (Å²) in [7, 11) is 0. The van der Waals surface area contributed by atoms with Crippen LogP contribution in [0.3, 0.4) is 0 Å². The predicted molar refractivity (Wildman–Crippen MR) is 66.5 cm³/mol. The van der Waals surface area contributed by atoms with Crippen LogP contribution >= 0.6 is 0 Å². The molecule has 1 nitrogen and oxygen atoms in total. The second-order valence-corrected chi connectivity index (χ2v) is 4.47. The second kappa shape index (κ2) is 5.63. The summed E-state index contributed by atoms with van der Waals surface area (Å²) in [6.07, 6.45) is -5.47. The van der Waals surface area contributed by atoms with E-state index in [-0.39, 0.29) is 6.42 Å². The molecule has 106 valence electrons. The van der Waals surface area contributed by atoms with Crippen LogP contribution in [0.15, 0.2) is 48.5 Å². The maximum absolute atomic E-state index is 13.0. The zero-order chi connectivity index (χ0) is 14.8. The van der Waals surface area contributed by atoms with Crippen LogP contribution in [0.1, 0.15) is 22.8 Å². The van der Waals surface area contributed by atoms with E-state index in [2.05, 4.69) is 0 Å². The van der Waals surface area contributed by atoms with Gasteiger partial charge in [0.1, 0.15) is 5.82 Å². The van der Waals surface area contributed by atoms with Crippen LogP contribution in [-0.2, 0) is 12.6 Å². The Morgan fingerprint density at radius 1 is 1.00 bits per heavy atom. The monoisotopic (exact) mass is 284 g/mol. The van der Waals surface area contributed by atoms with Crippen molar-refractivity contribution in [1.82, 2.24) is 0 Å². The van der Waals surface area contributed by atoms with Gasteiger partial charge in [-0.05, 0) is 29.3 Å². The smallest absolute Gasteiger partial charge is 0.388 e. The summed E-state index contributed by atoms with van der Waals surface area (Å²) >= 11 is 0. The summed E-state index contributed by atoms with van der Waals surface area (Å²) in [5.74, 6) is -0.495. The highest BCUT2D eigenvalue weighted by Gasteiger charge is 2.30. The highest BCUT2D eigenvalue weighted by Crippen LogP contribution is 2.30. The maximum atomic E-state index is 13.0. The first kappa shape index (κ1) is 14.5. The molecule has 1 N–H and O–H groups in total. The minimum atomic E-state index is -4.42. The molecule has 0 spiro atoms. The van der Waals surface area contributed by atoms with Crippen LogP contribution in [-0.4, -0.2) is 5.11 Å². The van der Waals surface area contributed by atoms with Crippen molar-refractivity contribution in [2.24, 2.45) is 0 Å². The van der Waals surface area contributed by atoms with Crippen LogP contribution in [0.25, 0.3) is 0 Å². The van der Waals surface area contributed by atoms with Gasteiger partial charge >= 0.3 is 6.18 Å². The van der Waals surface area contributed by atoms with Gasteiger partial charge in [-0.2, -0.15) is 13.2 Å². The van der Waals surface area contributed by atoms with Crippen LogP contribution in [0, 0.1) is 5.82 Å². The summed E-state index contributed by atoms with van der Waals surface area (Å²) in [5, 5.41) is 9.94. The maximum Gasteiger partial charge on any atom is 0.416 e. The van der Waals surface area contributed by atoms with E-state index in [0.717, 1.165) is 18.2 Å². The van der Waals surface area contributed by atoms with E-state index in [1.54, 1.807) is 0 Å². The molecule has 0 aliphatic carbocycles. The van der Waals surface area contributed by atoms with Gasteiger partial charge in [0, 0.05) is 6.42 Å². The van der Waals surface area contributed by atoms with Crippen molar-refractivity contribution in [1.29, 1.82) is 0 Å². The Morgan fingerprint density at radius 2 is 1.70 bits per heavy atom. The molecule has 0 saturated heterocycles. The quantitative estimate of drug-likeness (QED) is 0.841. The van der Waals surface area contributed by atoms with Crippen molar-refractivity contribution in [2.75, 3.05) is 0 Å². The topological polar surface area (TPSA) is 20.2 Å². The largest absolute Gasteiger partial charge is 0.416 e. The number of aliphatic hydroxyl groups excluding tert-OH is 1. The van der Waals surface area contributed by atoms with Crippen LogP contribution < -0.4 is 0 Å². The predicted octanol–water partition coefficient (Wildman–Crippen LogP) is 4.12. The lowest BCUT2D eigenvalue weighted by Crippen LogP contribution is -2.07. The van der Waals surface area contributed by atoms with Crippen molar-refractivity contribution in [3.63, 3.8) is 0 Å². The summed E-state index contributed by atoms with van der Waals surface area (Å²) in [5.41, 5.74) is -0.0829. The fourth-order valence-electron chi connectivity index (χ4n) is 1.93. The number of rotatable bonds is 3. The number of hydrogen-bond donors (Lipinski definition) is 1. The molecule has 0 aliphatic heterocycles. The Bertz CT molecular complexity index is 592. The summed E-state index contributed by atoms with van der Waals surface area (Å²) in [6.45, 7) is 0. The van der Waals surface area contributed by atoms with Gasteiger partial charge in [0.15, 0.2) is 0 Å². The third-order valence-electron chi connectivity index (χ3n) is 2.92. The lowest BCUT2D eigenvalue weighted by Gasteiger charge is -2.13. The van der Waals surface area contributed by atoms with E-state index in [4.69, 9.17) is 0 Å². The van der Waals surface area contributed by atoms with Crippen LogP contribution in [0.5, 0.6) is 0 Å². The summed E-state index contributed by atoms with van der Waals surface area (Å²) in [6, 6.07) is 10.1. The zero-order valence-electron chi connectivity index (χ0n) is 10.4. The third kappa shape index (κ3) is 3.57. The molecule has 0 amide bonds. The van der Waals surface area contributed by atoms with Gasteiger partial charge in [-0.1, -0.05) is 30.3 Å². The van der Waals surface area contributed by atoms with E-state index in [1.165, 1.54) is 30.3 Å². The minimum Gasteiger partial charge on any atom is -0.388 e. The van der Waals surface area contributed by atoms with Gasteiger partial charge < -0.3 is 5.11 Å². The van der Waals surface area contributed by atoms with Gasteiger partial charge in [-0.3, -0.25) is 0 Å². The molecule has 0 aromatic heterocycles. The van der Waals surface area contributed by atoms with Gasteiger partial charge in [0.2, 0.25) is 0 Å². The lowest BCUT2D eigenvalue weighted by atomic mass is 10.00. The third-order valence-corrected chi connectivity index (χ3v) is 2.92. The van der Waals surface area contributed by atoms with Crippen LogP contribution in [0.4, 0.5) is 17.6 Å². The molecule has 0 saturated carbocycles. The van der Waals surface area contributed by atoms with E-state index in [1.807, 2.05) is 0 Å². The highest BCUT2D eigenvalue weighted by atomic mass is 19.4. The number of halogens is 4. The van der Waals surface area contributed by atoms with Gasteiger partial charge in [-0.25, -0.2) is 4.39 Å². The Morgan fingerprint density at radius 3 is 2.35 bits per heavy atom. The molecule has 1 unspecified atom stereocenters. The zero-order valence-corrected chi connectivity index (χ0v) is 10.4. The van der Waals surface area contributed by atoms with Crippen molar-refractivity contribution >= 4 is 0 Å². The number of aliphatic hydroxyl groups is 1. The Kier molecular flexibility index (Phi) is 4.09. The fraction of sp³-hybridized carbons (Fsp3) is 0.200. The van der Waals surface area contributed by atoms with Crippen molar-refractivity contribution in [3.8, 4) is 0 Å². The van der Waals surface area contributed by atoms with Gasteiger partial charge in [0.25, 0.3) is 0 Å². The van der Waals surface area contributed by atoms with Crippen molar-refractivity contribution in [2.45, 2.75) is 18.7 Å². The highest BCUT2D eigenvalue weighted by molar-refractivity contribution is 5.28. The first-order chi connectivity index (χ1) is 9.36. The molecule has 1 atom stereocenters. The summed E-state index contributed by atoms with van der Waals surface area (Å²) in [4.78, 5) is 0. The molecule has 20 heavy (non-hydrogen) atoms. The normalized spacial score (nSPS) is 13.2. The molecule has 2 rings (SSSR count). The van der Waals surface area contributed by atoms with Gasteiger partial charge in [-0.15, -0.1) is 0 Å². The summed E-state index contributed by atoms with van der Waals surface area (Å²) < 4.78 is 50.7. The van der Waals surface area contributed by atoms with E-state index >= 15 is 0 Å². The molecule has 5 heteroatoms. The van der Waals surface area contributed by atoms with Crippen molar-refractivity contribution < 1.29 is 22.7 Å². The minimum absolute atomic E-state index is 0.00657. The number of hydrogen-bond acceptors (Lipinski definition) is 1. The molecular weight excluding hydrogens is 272 g/mol. The average molecular weight is 284 g/mol. The molecular formula is C15H12F4O. The Labute approximate surface area is 113 Å². The first-order valence-electron chi connectivity index (χ1n) is 5.96. The molecule has 0 fully saturated rings. The van der Waals surface area contributed by atoms with E-state index in [0.29, 0.717) is 11.1 Å². The SMILES string of the molecule is OC(Cc1cccc(C(F)(F)F)c1)c1cccc(F)c1. The molecule has 0 aliphatic rings. The molecule has 2 aromatic carbocycles. The van der Waals surface area contributed by atoms with Crippen molar-refractivity contribution in [3.05, 3.63) is 71.0 Å². The second-order valence-electron chi connectivity index (χ2n) is 4.47.